The number of sulfonamides is 1. The average Bonchev–Trinajstić information content (AvgIpc) is 1.92. The van der Waals surface area contributed by atoms with E-state index in [9.17, 15) is 16.8 Å². The van der Waals surface area contributed by atoms with Gasteiger partial charge in [0.2, 0.25) is 10.0 Å². The first-order valence-electron chi connectivity index (χ1n) is 4.43. The predicted octanol–water partition coefficient (Wildman–Crippen LogP) is 0.226. The van der Waals surface area contributed by atoms with Crippen LogP contribution in [0, 0.1) is 0 Å². The minimum Gasteiger partial charge on any atom is -0.228 e. The van der Waals surface area contributed by atoms with Crippen LogP contribution in [0.1, 0.15) is 19.3 Å². The van der Waals surface area contributed by atoms with Crippen LogP contribution in [0.2, 0.25) is 0 Å². The van der Waals surface area contributed by atoms with Crippen molar-refractivity contribution in [3.8, 4) is 0 Å². The summed E-state index contributed by atoms with van der Waals surface area (Å²) in [6, 6.07) is 0. The smallest absolute Gasteiger partial charge is 0.226 e. The summed E-state index contributed by atoms with van der Waals surface area (Å²) in [6.07, 6.45) is 3.38. The van der Waals surface area contributed by atoms with Gasteiger partial charge >= 0.3 is 0 Å². The van der Waals surface area contributed by atoms with Crippen LogP contribution in [-0.2, 0) is 19.9 Å². The molecule has 90 valence electrons. The highest BCUT2D eigenvalue weighted by atomic mass is 79.9. The third-order valence-corrected chi connectivity index (χ3v) is 7.08. The Morgan fingerprint density at radius 1 is 1.27 bits per heavy atom. The Kier molecular flexibility index (Phi) is 3.85. The molecule has 0 aromatic rings. The number of sulfone groups is 1. The van der Waals surface area contributed by atoms with E-state index in [2.05, 4.69) is 20.7 Å². The van der Waals surface area contributed by atoms with Crippen molar-refractivity contribution in [1.29, 1.82) is 0 Å². The van der Waals surface area contributed by atoms with E-state index in [1.54, 1.807) is 0 Å². The summed E-state index contributed by atoms with van der Waals surface area (Å²) in [5.74, 6) is 0. The maximum atomic E-state index is 11.5. The molecule has 0 atom stereocenters. The van der Waals surface area contributed by atoms with Crippen LogP contribution < -0.4 is 4.72 Å². The Bertz CT molecular complexity index is 418. The zero-order valence-corrected chi connectivity index (χ0v) is 11.6. The van der Waals surface area contributed by atoms with Crippen LogP contribution in [0.15, 0.2) is 0 Å². The molecule has 1 aliphatic carbocycles. The highest BCUT2D eigenvalue weighted by Gasteiger charge is 2.40. The lowest BCUT2D eigenvalue weighted by molar-refractivity contribution is 0.256. The third kappa shape index (κ3) is 4.01. The first kappa shape index (κ1) is 13.4. The van der Waals surface area contributed by atoms with Crippen molar-refractivity contribution >= 4 is 35.8 Å². The van der Waals surface area contributed by atoms with Gasteiger partial charge in [-0.25, -0.2) is 21.6 Å². The number of alkyl halides is 1. The van der Waals surface area contributed by atoms with Crippen molar-refractivity contribution in [1.82, 2.24) is 4.72 Å². The monoisotopic (exact) mass is 319 g/mol. The van der Waals surface area contributed by atoms with Gasteiger partial charge in [-0.15, -0.1) is 0 Å². The van der Waals surface area contributed by atoms with E-state index in [-0.39, 0.29) is 0 Å². The first-order chi connectivity index (χ1) is 6.68. The molecule has 1 N–H and O–H groups in total. The van der Waals surface area contributed by atoms with E-state index < -0.39 is 30.5 Å². The van der Waals surface area contributed by atoms with Gasteiger partial charge in [-0.3, -0.25) is 0 Å². The number of hydrogen-bond donors (Lipinski definition) is 1. The summed E-state index contributed by atoms with van der Waals surface area (Å²) in [7, 11) is -7.25. The van der Waals surface area contributed by atoms with E-state index in [4.69, 9.17) is 0 Å². The summed E-state index contributed by atoms with van der Waals surface area (Å²) in [6.45, 7) is 0. The van der Waals surface area contributed by atoms with Crippen LogP contribution in [0.4, 0.5) is 0 Å². The molecular weight excluding hydrogens is 306 g/mol. The molecule has 0 spiro atoms. The van der Waals surface area contributed by atoms with Gasteiger partial charge in [0.1, 0.15) is 0 Å². The summed E-state index contributed by atoms with van der Waals surface area (Å²) < 4.78 is 47.3. The van der Waals surface area contributed by atoms with Crippen LogP contribution in [0.5, 0.6) is 0 Å². The molecule has 0 heterocycles. The molecule has 8 heteroatoms. The standard InChI is InChI=1S/C7H14BrNO4S2/c1-14(10,11)6-15(12,13)9-7(5-8)3-2-4-7/h9H,2-6H2,1H3. The van der Waals surface area contributed by atoms with Crippen molar-refractivity contribution < 1.29 is 16.8 Å². The molecule has 0 aliphatic heterocycles. The number of hydrogen-bond acceptors (Lipinski definition) is 4. The van der Waals surface area contributed by atoms with Gasteiger partial charge in [-0.2, -0.15) is 0 Å². The van der Waals surface area contributed by atoms with Crippen molar-refractivity contribution in [3.05, 3.63) is 0 Å². The molecule has 1 fully saturated rings. The molecule has 0 aromatic carbocycles. The minimum atomic E-state index is -3.74. The Morgan fingerprint density at radius 3 is 2.07 bits per heavy atom. The molecule has 0 unspecified atom stereocenters. The van der Waals surface area contributed by atoms with Gasteiger partial charge in [-0.05, 0) is 19.3 Å². The normalized spacial score (nSPS) is 20.9. The van der Waals surface area contributed by atoms with Gasteiger partial charge in [0.05, 0.1) is 0 Å². The SMILES string of the molecule is CS(=O)(=O)CS(=O)(=O)NC1(CBr)CCC1. The fourth-order valence-corrected chi connectivity index (χ4v) is 5.82. The number of rotatable bonds is 5. The molecule has 0 saturated heterocycles. The van der Waals surface area contributed by atoms with Gasteiger partial charge < -0.3 is 0 Å². The summed E-state index contributed by atoms with van der Waals surface area (Å²) in [5.41, 5.74) is -0.469. The fraction of sp³-hybridized carbons (Fsp3) is 1.00. The Morgan fingerprint density at radius 2 is 1.80 bits per heavy atom. The molecule has 0 radical (unpaired) electrons. The van der Waals surface area contributed by atoms with Gasteiger partial charge in [-0.1, -0.05) is 15.9 Å². The number of halogens is 1. The Labute approximate surface area is 98.7 Å². The summed E-state index contributed by atoms with van der Waals surface area (Å²) in [4.78, 5) is 0. The van der Waals surface area contributed by atoms with E-state index >= 15 is 0 Å². The van der Waals surface area contributed by atoms with Crippen molar-refractivity contribution in [2.45, 2.75) is 24.8 Å². The van der Waals surface area contributed by atoms with Crippen LogP contribution in [0.3, 0.4) is 0 Å². The Hall–Kier alpha value is 0.340. The molecule has 5 nitrogen and oxygen atoms in total. The van der Waals surface area contributed by atoms with Crippen LogP contribution >= 0.6 is 15.9 Å². The molecule has 0 bridgehead atoms. The highest BCUT2D eigenvalue weighted by Crippen LogP contribution is 2.34. The minimum absolute atomic E-state index is 0.469. The van der Waals surface area contributed by atoms with E-state index in [0.717, 1.165) is 25.5 Å². The largest absolute Gasteiger partial charge is 0.228 e. The molecule has 0 amide bonds. The second-order valence-electron chi connectivity index (χ2n) is 4.03. The fourth-order valence-electron chi connectivity index (χ4n) is 1.51. The lowest BCUT2D eigenvalue weighted by Gasteiger charge is -2.40. The lowest BCUT2D eigenvalue weighted by atomic mass is 9.80. The van der Waals surface area contributed by atoms with Crippen molar-refractivity contribution in [2.75, 3.05) is 16.7 Å². The predicted molar refractivity (Wildman–Crippen MR) is 62.1 cm³/mol. The molecule has 1 rings (SSSR count). The second kappa shape index (κ2) is 4.31. The van der Waals surface area contributed by atoms with Crippen LogP contribution in [-0.4, -0.2) is 39.0 Å². The topological polar surface area (TPSA) is 80.3 Å². The number of nitrogens with one attached hydrogen (secondary N) is 1. The van der Waals surface area contributed by atoms with Gasteiger partial charge in [0.25, 0.3) is 0 Å². The molecule has 0 aromatic heterocycles. The third-order valence-electron chi connectivity index (χ3n) is 2.31. The Balaban J connectivity index is 2.72. The van der Waals surface area contributed by atoms with E-state index in [1.807, 2.05) is 0 Å². The van der Waals surface area contributed by atoms with Gasteiger partial charge in [0, 0.05) is 17.1 Å². The van der Waals surface area contributed by atoms with Crippen molar-refractivity contribution in [2.24, 2.45) is 0 Å². The summed E-state index contributed by atoms with van der Waals surface area (Å²) in [5, 5.41) is -0.322. The van der Waals surface area contributed by atoms with E-state index in [1.165, 1.54) is 0 Å². The highest BCUT2D eigenvalue weighted by molar-refractivity contribution is 9.09. The maximum absolute atomic E-state index is 11.5. The van der Waals surface area contributed by atoms with Gasteiger partial charge in [0.15, 0.2) is 14.9 Å². The first-order valence-corrected chi connectivity index (χ1v) is 9.27. The average molecular weight is 320 g/mol. The van der Waals surface area contributed by atoms with E-state index in [0.29, 0.717) is 5.33 Å². The second-order valence-corrected chi connectivity index (χ2v) is 8.82. The molecule has 1 saturated carbocycles. The zero-order valence-electron chi connectivity index (χ0n) is 8.36. The summed E-state index contributed by atoms with van der Waals surface area (Å²) >= 11 is 3.24. The quantitative estimate of drug-likeness (QED) is 0.735. The van der Waals surface area contributed by atoms with Crippen molar-refractivity contribution in [3.63, 3.8) is 0 Å². The maximum Gasteiger partial charge on any atom is 0.226 e. The molecule has 15 heavy (non-hydrogen) atoms. The molecule has 1 aliphatic rings. The molecular formula is C7H14BrNO4S2. The zero-order chi connectivity index (χ0) is 11.7. The lowest BCUT2D eigenvalue weighted by Crippen LogP contribution is -2.55. The van der Waals surface area contributed by atoms with Crippen LogP contribution in [0.25, 0.3) is 0 Å².